The van der Waals surface area contributed by atoms with E-state index in [1.807, 2.05) is 59.2 Å². The van der Waals surface area contributed by atoms with Crippen molar-refractivity contribution in [3.05, 3.63) is 80.7 Å². The number of carbonyl (C=O) groups excluding carboxylic acids is 2. The predicted octanol–water partition coefficient (Wildman–Crippen LogP) is 5.39. The molecule has 1 aliphatic rings. The van der Waals surface area contributed by atoms with E-state index >= 15 is 0 Å². The lowest BCUT2D eigenvalue weighted by Crippen LogP contribution is -2.36. The van der Waals surface area contributed by atoms with Gasteiger partial charge in [0.15, 0.2) is 0 Å². The van der Waals surface area contributed by atoms with Crippen molar-refractivity contribution in [1.29, 1.82) is 0 Å². The summed E-state index contributed by atoms with van der Waals surface area (Å²) >= 11 is 1.55. The van der Waals surface area contributed by atoms with Crippen LogP contribution in [0.5, 0.6) is 0 Å². The first-order valence-electron chi connectivity index (χ1n) is 11.6. The molecule has 2 amide bonds. The number of nitrogens with zero attached hydrogens (tertiary/aromatic N) is 3. The number of carbonyl (C=O) groups is 2. The van der Waals surface area contributed by atoms with Gasteiger partial charge in [0.2, 0.25) is 5.91 Å². The second-order valence-electron chi connectivity index (χ2n) is 9.76. The van der Waals surface area contributed by atoms with E-state index in [1.165, 1.54) is 0 Å². The molecule has 3 aromatic rings. The van der Waals surface area contributed by atoms with Crippen LogP contribution in [0.15, 0.2) is 53.4 Å². The van der Waals surface area contributed by atoms with Crippen LogP contribution in [0.2, 0.25) is 0 Å². The number of amides is 2. The van der Waals surface area contributed by atoms with Crippen molar-refractivity contribution in [3.8, 4) is 0 Å². The lowest BCUT2D eigenvalue weighted by atomic mass is 9.92. The van der Waals surface area contributed by atoms with Crippen LogP contribution in [-0.4, -0.2) is 33.0 Å². The third-order valence-electron chi connectivity index (χ3n) is 6.21. The minimum absolute atomic E-state index is 0.0621. The first-order chi connectivity index (χ1) is 16.2. The molecule has 34 heavy (non-hydrogen) atoms. The Morgan fingerprint density at radius 2 is 1.94 bits per heavy atom. The van der Waals surface area contributed by atoms with Gasteiger partial charge >= 0.3 is 0 Å². The van der Waals surface area contributed by atoms with Crippen molar-refractivity contribution >= 4 is 29.0 Å². The molecule has 0 fully saturated rings. The van der Waals surface area contributed by atoms with Crippen molar-refractivity contribution in [3.63, 3.8) is 0 Å². The molecular weight excluding hydrogens is 444 g/mol. The highest BCUT2D eigenvalue weighted by Crippen LogP contribution is 2.31. The van der Waals surface area contributed by atoms with Gasteiger partial charge in [0.05, 0.1) is 24.3 Å². The second kappa shape index (κ2) is 9.58. The molecule has 0 spiro atoms. The zero-order valence-corrected chi connectivity index (χ0v) is 21.3. The SMILES string of the molecule is C/C=C(\C)C(=O)N1CCc2c(C(=O)Nc3cc(C(C)(C)C)nn3Cc3ccccc3)csc2C1. The first-order valence-corrected chi connectivity index (χ1v) is 12.5. The van der Waals surface area contributed by atoms with E-state index < -0.39 is 0 Å². The molecule has 0 unspecified atom stereocenters. The summed E-state index contributed by atoms with van der Waals surface area (Å²) in [5.74, 6) is 0.624. The maximum Gasteiger partial charge on any atom is 0.257 e. The number of allylic oxidation sites excluding steroid dienone is 1. The van der Waals surface area contributed by atoms with Crippen LogP contribution in [0, 0.1) is 0 Å². The van der Waals surface area contributed by atoms with Crippen LogP contribution in [0.4, 0.5) is 5.82 Å². The van der Waals surface area contributed by atoms with E-state index in [0.717, 1.165) is 27.3 Å². The molecule has 178 valence electrons. The Bertz CT molecular complexity index is 1230. The fraction of sp³-hybridized carbons (Fsp3) is 0.370. The molecule has 0 radical (unpaired) electrons. The molecule has 0 aliphatic carbocycles. The Kier molecular flexibility index (Phi) is 6.75. The highest BCUT2D eigenvalue weighted by molar-refractivity contribution is 7.10. The highest BCUT2D eigenvalue weighted by Gasteiger charge is 2.28. The number of hydrogen-bond donors (Lipinski definition) is 1. The zero-order valence-electron chi connectivity index (χ0n) is 20.5. The van der Waals surface area contributed by atoms with E-state index in [9.17, 15) is 9.59 Å². The van der Waals surface area contributed by atoms with Gasteiger partial charge in [-0.15, -0.1) is 11.3 Å². The number of anilines is 1. The number of nitrogens with one attached hydrogen (secondary N) is 1. The maximum absolute atomic E-state index is 13.3. The van der Waals surface area contributed by atoms with Gasteiger partial charge in [-0.05, 0) is 31.4 Å². The van der Waals surface area contributed by atoms with Gasteiger partial charge in [-0.2, -0.15) is 5.10 Å². The Morgan fingerprint density at radius 1 is 1.21 bits per heavy atom. The van der Waals surface area contributed by atoms with Crippen LogP contribution < -0.4 is 5.32 Å². The van der Waals surface area contributed by atoms with Crippen molar-refractivity contribution in [2.24, 2.45) is 0 Å². The highest BCUT2D eigenvalue weighted by atomic mass is 32.1. The average molecular weight is 477 g/mol. The summed E-state index contributed by atoms with van der Waals surface area (Å²) in [7, 11) is 0. The molecule has 4 rings (SSSR count). The number of thiophene rings is 1. The van der Waals surface area contributed by atoms with Gasteiger partial charge in [0.25, 0.3) is 5.91 Å². The summed E-state index contributed by atoms with van der Waals surface area (Å²) in [4.78, 5) is 28.9. The molecule has 1 aromatic carbocycles. The largest absolute Gasteiger partial charge is 0.333 e. The van der Waals surface area contributed by atoms with E-state index in [2.05, 4.69) is 38.2 Å². The predicted molar refractivity (Wildman–Crippen MR) is 137 cm³/mol. The fourth-order valence-electron chi connectivity index (χ4n) is 4.01. The average Bonchev–Trinajstić information content (AvgIpc) is 3.42. The zero-order chi connectivity index (χ0) is 24.5. The standard InChI is InChI=1S/C27H32N4O2S/c1-6-18(2)26(33)30-13-12-20-21(17-34-22(20)16-30)25(32)28-24-14-23(27(3,4)5)29-31(24)15-19-10-8-7-9-11-19/h6-11,14,17H,12-13,15-16H2,1-5H3,(H,28,32)/b18-6+. The number of benzene rings is 1. The summed E-state index contributed by atoms with van der Waals surface area (Å²) < 4.78 is 1.87. The molecule has 1 N–H and O–H groups in total. The van der Waals surface area contributed by atoms with Crippen LogP contribution in [-0.2, 0) is 29.7 Å². The molecule has 0 saturated carbocycles. The maximum atomic E-state index is 13.3. The summed E-state index contributed by atoms with van der Waals surface area (Å²) in [5.41, 5.74) is 4.41. The minimum atomic E-state index is -0.135. The van der Waals surface area contributed by atoms with Crippen LogP contribution in [0.3, 0.4) is 0 Å². The summed E-state index contributed by atoms with van der Waals surface area (Å²) in [6.07, 6.45) is 2.52. The van der Waals surface area contributed by atoms with Crippen molar-refractivity contribution in [2.75, 3.05) is 11.9 Å². The van der Waals surface area contributed by atoms with Crippen LogP contribution in [0.25, 0.3) is 0 Å². The van der Waals surface area contributed by atoms with Gasteiger partial charge in [0, 0.05) is 33.9 Å². The molecule has 0 saturated heterocycles. The summed E-state index contributed by atoms with van der Waals surface area (Å²) in [6.45, 7) is 11.8. The number of rotatable bonds is 5. The molecular formula is C27H32N4O2S. The van der Waals surface area contributed by atoms with Crippen molar-refractivity contribution in [1.82, 2.24) is 14.7 Å². The van der Waals surface area contributed by atoms with Gasteiger partial charge in [-0.25, -0.2) is 4.68 Å². The summed E-state index contributed by atoms with van der Waals surface area (Å²) in [6, 6.07) is 12.1. The van der Waals surface area contributed by atoms with Gasteiger partial charge in [-0.3, -0.25) is 9.59 Å². The normalized spacial score (nSPS) is 14.1. The Hall–Kier alpha value is -3.19. The van der Waals surface area contributed by atoms with Crippen LogP contribution in [0.1, 0.15) is 66.7 Å². The Morgan fingerprint density at radius 3 is 2.62 bits per heavy atom. The molecule has 7 heteroatoms. The van der Waals surface area contributed by atoms with E-state index in [1.54, 1.807) is 11.3 Å². The quantitative estimate of drug-likeness (QED) is 0.502. The van der Waals surface area contributed by atoms with Crippen LogP contribution >= 0.6 is 11.3 Å². The Balaban J connectivity index is 1.56. The smallest absolute Gasteiger partial charge is 0.257 e. The van der Waals surface area contributed by atoms with Gasteiger partial charge in [0.1, 0.15) is 5.82 Å². The molecule has 2 aromatic heterocycles. The molecule has 1 aliphatic heterocycles. The van der Waals surface area contributed by atoms with Crippen molar-refractivity contribution in [2.45, 2.75) is 59.5 Å². The van der Waals surface area contributed by atoms with E-state index in [-0.39, 0.29) is 17.2 Å². The second-order valence-corrected chi connectivity index (χ2v) is 10.7. The Labute approximate surface area is 205 Å². The lowest BCUT2D eigenvalue weighted by Gasteiger charge is -2.27. The number of hydrogen-bond acceptors (Lipinski definition) is 4. The fourth-order valence-corrected chi connectivity index (χ4v) is 5.10. The number of aromatic nitrogens is 2. The molecule has 6 nitrogen and oxygen atoms in total. The third-order valence-corrected chi connectivity index (χ3v) is 7.23. The first kappa shape index (κ1) is 24.0. The molecule has 3 heterocycles. The van der Waals surface area contributed by atoms with Gasteiger partial charge in [-0.1, -0.05) is 57.2 Å². The van der Waals surface area contributed by atoms with Gasteiger partial charge < -0.3 is 10.2 Å². The van der Waals surface area contributed by atoms with E-state index in [4.69, 9.17) is 5.10 Å². The summed E-state index contributed by atoms with van der Waals surface area (Å²) in [5, 5.41) is 9.84. The van der Waals surface area contributed by atoms with E-state index in [0.29, 0.717) is 37.4 Å². The third kappa shape index (κ3) is 4.99. The lowest BCUT2D eigenvalue weighted by molar-refractivity contribution is -0.127. The topological polar surface area (TPSA) is 67.2 Å². The number of fused-ring (bicyclic) bond motifs is 1. The van der Waals surface area contributed by atoms with Crippen molar-refractivity contribution < 1.29 is 9.59 Å². The monoisotopic (exact) mass is 476 g/mol. The molecule has 0 atom stereocenters. The minimum Gasteiger partial charge on any atom is -0.333 e. The molecule has 0 bridgehead atoms.